The van der Waals surface area contributed by atoms with Crippen LogP contribution < -0.4 is 14.4 Å². The lowest BCUT2D eigenvalue weighted by Gasteiger charge is -2.30. The molecule has 0 aliphatic heterocycles. The number of rotatable bonds is 7. The highest BCUT2D eigenvalue weighted by Gasteiger charge is 2.31. The summed E-state index contributed by atoms with van der Waals surface area (Å²) in [6.07, 6.45) is 1.41. The average Bonchev–Trinajstić information content (AvgIpc) is 2.58. The second-order valence-electron chi connectivity index (χ2n) is 5.68. The Morgan fingerprint density at radius 1 is 1.23 bits per heavy atom. The number of nitrogens with zero attached hydrogens (tertiary/aromatic N) is 1. The predicted octanol–water partition coefficient (Wildman–Crippen LogP) is 3.64. The number of hydrogen-bond acceptors (Lipinski definition) is 4. The minimum absolute atomic E-state index is 0.318. The second kappa shape index (κ2) is 8.55. The van der Waals surface area contributed by atoms with Gasteiger partial charge >= 0.3 is 0 Å². The molecule has 0 bridgehead atoms. The van der Waals surface area contributed by atoms with Crippen LogP contribution in [0.25, 0.3) is 0 Å². The van der Waals surface area contributed by atoms with Crippen LogP contribution in [0, 0.1) is 0 Å². The van der Waals surface area contributed by atoms with Crippen LogP contribution in [0.1, 0.15) is 13.3 Å². The van der Waals surface area contributed by atoms with Crippen molar-refractivity contribution >= 4 is 43.2 Å². The van der Waals surface area contributed by atoms with Gasteiger partial charge in [0.05, 0.1) is 19.1 Å². The van der Waals surface area contributed by atoms with Crippen LogP contribution in [0.4, 0.5) is 11.4 Å². The topological polar surface area (TPSA) is 75.7 Å². The first-order valence-electron chi connectivity index (χ1n) is 7.96. The third-order valence-electron chi connectivity index (χ3n) is 3.75. The van der Waals surface area contributed by atoms with Crippen LogP contribution in [-0.2, 0) is 14.8 Å². The number of halogens is 1. The van der Waals surface area contributed by atoms with E-state index in [0.29, 0.717) is 23.5 Å². The lowest BCUT2D eigenvalue weighted by Crippen LogP contribution is -2.46. The predicted molar refractivity (Wildman–Crippen MR) is 107 cm³/mol. The summed E-state index contributed by atoms with van der Waals surface area (Å²) in [6.45, 7) is 1.77. The van der Waals surface area contributed by atoms with E-state index in [-0.39, 0.29) is 0 Å². The minimum Gasteiger partial charge on any atom is -0.497 e. The van der Waals surface area contributed by atoms with Gasteiger partial charge in [-0.15, -0.1) is 0 Å². The number of methoxy groups -OCH3 is 1. The van der Waals surface area contributed by atoms with Crippen molar-refractivity contribution in [2.24, 2.45) is 0 Å². The standard InChI is InChI=1S/C18H21BrN2O4S/c1-4-17(18(22)20-14-7-5-6-13(19)12-14)21(26(3,23)24)15-8-10-16(25-2)11-9-15/h5-12,17H,4H2,1-3H3,(H,20,22). The van der Waals surface area contributed by atoms with E-state index in [0.717, 1.165) is 15.0 Å². The molecule has 0 saturated carbocycles. The van der Waals surface area contributed by atoms with Crippen molar-refractivity contribution in [1.29, 1.82) is 0 Å². The third kappa shape index (κ3) is 4.98. The number of hydrogen-bond donors (Lipinski definition) is 1. The van der Waals surface area contributed by atoms with Gasteiger partial charge < -0.3 is 10.1 Å². The zero-order valence-corrected chi connectivity index (χ0v) is 17.2. The highest BCUT2D eigenvalue weighted by molar-refractivity contribution is 9.10. The summed E-state index contributed by atoms with van der Waals surface area (Å²) in [5, 5.41) is 2.78. The number of ether oxygens (including phenoxy) is 1. The van der Waals surface area contributed by atoms with Crippen LogP contribution in [0.15, 0.2) is 53.0 Å². The summed E-state index contributed by atoms with van der Waals surface area (Å²) >= 11 is 3.35. The number of carbonyl (C=O) groups excluding carboxylic acids is 1. The van der Waals surface area contributed by atoms with Gasteiger partial charge in [-0.3, -0.25) is 9.10 Å². The average molecular weight is 441 g/mol. The minimum atomic E-state index is -3.67. The summed E-state index contributed by atoms with van der Waals surface area (Å²) in [5.41, 5.74) is 0.996. The zero-order chi connectivity index (χ0) is 19.3. The van der Waals surface area contributed by atoms with Crippen LogP contribution in [0.5, 0.6) is 5.75 Å². The van der Waals surface area contributed by atoms with Gasteiger partial charge in [-0.1, -0.05) is 28.9 Å². The van der Waals surface area contributed by atoms with E-state index in [4.69, 9.17) is 4.74 Å². The summed E-state index contributed by atoms with van der Waals surface area (Å²) in [6, 6.07) is 12.8. The summed E-state index contributed by atoms with van der Waals surface area (Å²) in [4.78, 5) is 12.8. The smallest absolute Gasteiger partial charge is 0.248 e. The van der Waals surface area contributed by atoms with Crippen molar-refractivity contribution in [3.05, 3.63) is 53.0 Å². The van der Waals surface area contributed by atoms with Gasteiger partial charge in [0, 0.05) is 10.2 Å². The molecule has 0 radical (unpaired) electrons. The number of anilines is 2. The van der Waals surface area contributed by atoms with Crippen molar-refractivity contribution in [3.63, 3.8) is 0 Å². The molecule has 0 fully saturated rings. The Balaban J connectivity index is 2.35. The molecule has 6 nitrogen and oxygen atoms in total. The lowest BCUT2D eigenvalue weighted by atomic mass is 10.1. The molecule has 26 heavy (non-hydrogen) atoms. The highest BCUT2D eigenvalue weighted by atomic mass is 79.9. The molecule has 2 aromatic carbocycles. The second-order valence-corrected chi connectivity index (χ2v) is 8.46. The number of amides is 1. The molecule has 8 heteroatoms. The first kappa shape index (κ1) is 20.3. The molecule has 0 aromatic heterocycles. The molecule has 0 saturated heterocycles. The Kier molecular flexibility index (Phi) is 6.66. The van der Waals surface area contributed by atoms with Crippen LogP contribution in [0.3, 0.4) is 0 Å². The molecule has 140 valence electrons. The molecule has 1 amide bonds. The molecule has 1 unspecified atom stereocenters. The van der Waals surface area contributed by atoms with Crippen molar-refractivity contribution in [2.75, 3.05) is 23.0 Å². The number of benzene rings is 2. The van der Waals surface area contributed by atoms with E-state index in [1.807, 2.05) is 6.07 Å². The van der Waals surface area contributed by atoms with Crippen molar-refractivity contribution < 1.29 is 17.9 Å². The molecule has 0 aliphatic rings. The van der Waals surface area contributed by atoms with E-state index in [9.17, 15) is 13.2 Å². The Morgan fingerprint density at radius 3 is 2.38 bits per heavy atom. The number of sulfonamides is 1. The zero-order valence-electron chi connectivity index (χ0n) is 14.8. The van der Waals surface area contributed by atoms with E-state index >= 15 is 0 Å². The molecule has 0 heterocycles. The van der Waals surface area contributed by atoms with Gasteiger partial charge in [-0.05, 0) is 48.9 Å². The fraction of sp³-hybridized carbons (Fsp3) is 0.278. The van der Waals surface area contributed by atoms with Crippen LogP contribution in [-0.4, -0.2) is 33.7 Å². The molecule has 0 spiro atoms. The van der Waals surface area contributed by atoms with Crippen molar-refractivity contribution in [3.8, 4) is 5.75 Å². The van der Waals surface area contributed by atoms with E-state index in [2.05, 4.69) is 21.2 Å². The van der Waals surface area contributed by atoms with E-state index in [1.165, 1.54) is 7.11 Å². The van der Waals surface area contributed by atoms with Crippen LogP contribution in [0.2, 0.25) is 0 Å². The molecule has 1 N–H and O–H groups in total. The molecule has 0 aliphatic carbocycles. The monoisotopic (exact) mass is 440 g/mol. The Hall–Kier alpha value is -2.06. The van der Waals surface area contributed by atoms with Gasteiger partial charge in [0.25, 0.3) is 0 Å². The Bertz CT molecular complexity index is 869. The van der Waals surface area contributed by atoms with Gasteiger partial charge in [0.2, 0.25) is 15.9 Å². The van der Waals surface area contributed by atoms with Gasteiger partial charge in [-0.2, -0.15) is 0 Å². The fourth-order valence-electron chi connectivity index (χ4n) is 2.58. The summed E-state index contributed by atoms with van der Waals surface area (Å²) in [7, 11) is -2.14. The fourth-order valence-corrected chi connectivity index (χ4v) is 4.19. The molecule has 1 atom stereocenters. The van der Waals surface area contributed by atoms with Crippen molar-refractivity contribution in [2.45, 2.75) is 19.4 Å². The third-order valence-corrected chi connectivity index (χ3v) is 5.42. The van der Waals surface area contributed by atoms with Crippen LogP contribution >= 0.6 is 15.9 Å². The van der Waals surface area contributed by atoms with Gasteiger partial charge in [0.15, 0.2) is 0 Å². The van der Waals surface area contributed by atoms with Gasteiger partial charge in [0.1, 0.15) is 11.8 Å². The summed E-state index contributed by atoms with van der Waals surface area (Å²) in [5.74, 6) is 0.209. The van der Waals surface area contributed by atoms with Crippen molar-refractivity contribution in [1.82, 2.24) is 0 Å². The Morgan fingerprint density at radius 2 is 1.88 bits per heavy atom. The van der Waals surface area contributed by atoms with E-state index < -0.39 is 22.0 Å². The molecular weight excluding hydrogens is 420 g/mol. The molecule has 2 aromatic rings. The maximum absolute atomic E-state index is 12.8. The quantitative estimate of drug-likeness (QED) is 0.712. The first-order chi connectivity index (χ1) is 12.3. The number of carbonyl (C=O) groups is 1. The lowest BCUT2D eigenvalue weighted by molar-refractivity contribution is -0.117. The summed E-state index contributed by atoms with van der Waals surface area (Å²) < 4.78 is 31.9. The van der Waals surface area contributed by atoms with Gasteiger partial charge in [-0.25, -0.2) is 8.42 Å². The maximum atomic E-state index is 12.8. The molecule has 2 rings (SSSR count). The Labute approximate surface area is 162 Å². The highest BCUT2D eigenvalue weighted by Crippen LogP contribution is 2.26. The maximum Gasteiger partial charge on any atom is 0.248 e. The number of nitrogens with one attached hydrogen (secondary N) is 1. The molecular formula is C18H21BrN2O4S. The normalized spacial score (nSPS) is 12.3. The first-order valence-corrected chi connectivity index (χ1v) is 10.6. The largest absolute Gasteiger partial charge is 0.497 e. The van der Waals surface area contributed by atoms with E-state index in [1.54, 1.807) is 49.4 Å². The SMILES string of the molecule is CCC(C(=O)Nc1cccc(Br)c1)N(c1ccc(OC)cc1)S(C)(=O)=O.